The van der Waals surface area contributed by atoms with E-state index in [0.717, 1.165) is 30.2 Å². The van der Waals surface area contributed by atoms with Crippen molar-refractivity contribution >= 4 is 5.69 Å². The van der Waals surface area contributed by atoms with Crippen molar-refractivity contribution in [3.8, 4) is 11.5 Å². The number of nitrogens with one attached hydrogen (secondary N) is 1. The van der Waals surface area contributed by atoms with Crippen molar-refractivity contribution in [1.82, 2.24) is 0 Å². The third-order valence-corrected chi connectivity index (χ3v) is 3.21. The van der Waals surface area contributed by atoms with Crippen LogP contribution < -0.4 is 20.5 Å². The maximum Gasteiger partial charge on any atom is 0.122 e. The van der Waals surface area contributed by atoms with E-state index >= 15 is 0 Å². The van der Waals surface area contributed by atoms with Crippen LogP contribution in [-0.2, 0) is 0 Å². The van der Waals surface area contributed by atoms with Crippen molar-refractivity contribution in [2.24, 2.45) is 5.73 Å². The average molecular weight is 300 g/mol. The lowest BCUT2D eigenvalue weighted by atomic mass is 10.2. The quantitative estimate of drug-likeness (QED) is 0.698. The third kappa shape index (κ3) is 5.66. The molecule has 0 spiro atoms. The first-order chi connectivity index (χ1) is 10.8. The zero-order chi connectivity index (χ0) is 15.6. The predicted octanol–water partition coefficient (Wildman–Crippen LogP) is 3.21. The number of nitrogens with two attached hydrogens (primary N) is 1. The van der Waals surface area contributed by atoms with Gasteiger partial charge in [-0.3, -0.25) is 0 Å². The van der Waals surface area contributed by atoms with Crippen LogP contribution in [0.4, 0.5) is 5.69 Å². The summed E-state index contributed by atoms with van der Waals surface area (Å²) in [5, 5.41) is 3.31. The molecule has 2 aromatic carbocycles. The number of aryl methyl sites for hydroxylation is 1. The zero-order valence-electron chi connectivity index (χ0n) is 13.0. The Morgan fingerprint density at radius 3 is 1.95 bits per heavy atom. The minimum atomic E-state index is 0.522. The molecule has 0 saturated carbocycles. The van der Waals surface area contributed by atoms with E-state index in [-0.39, 0.29) is 0 Å². The second-order valence-corrected chi connectivity index (χ2v) is 5.10. The lowest BCUT2D eigenvalue weighted by Gasteiger charge is -2.10. The highest BCUT2D eigenvalue weighted by molar-refractivity contribution is 5.46. The van der Waals surface area contributed by atoms with Crippen LogP contribution in [-0.4, -0.2) is 26.3 Å². The van der Waals surface area contributed by atoms with Crippen molar-refractivity contribution in [1.29, 1.82) is 0 Å². The molecule has 4 heteroatoms. The number of hydrogen-bond donors (Lipinski definition) is 2. The minimum Gasteiger partial charge on any atom is -0.490 e. The molecule has 0 aromatic heterocycles. The molecule has 0 atom stereocenters. The molecule has 0 aliphatic heterocycles. The molecule has 2 rings (SSSR count). The molecular weight excluding hydrogens is 276 g/mol. The molecule has 0 aliphatic carbocycles. The highest BCUT2D eigenvalue weighted by Gasteiger charge is 1.97. The molecule has 118 valence electrons. The molecule has 0 saturated heterocycles. The summed E-state index contributed by atoms with van der Waals surface area (Å²) in [6, 6.07) is 15.9. The summed E-state index contributed by atoms with van der Waals surface area (Å²) >= 11 is 0. The Morgan fingerprint density at radius 2 is 1.41 bits per heavy atom. The fourth-order valence-corrected chi connectivity index (χ4v) is 1.96. The summed E-state index contributed by atoms with van der Waals surface area (Å²) in [5.74, 6) is 1.71. The predicted molar refractivity (Wildman–Crippen MR) is 90.8 cm³/mol. The Labute approximate surface area is 132 Å². The van der Waals surface area contributed by atoms with E-state index in [1.165, 1.54) is 5.56 Å². The van der Waals surface area contributed by atoms with Crippen LogP contribution in [0.2, 0.25) is 0 Å². The van der Waals surface area contributed by atoms with Crippen molar-refractivity contribution in [2.45, 2.75) is 13.3 Å². The van der Waals surface area contributed by atoms with Gasteiger partial charge < -0.3 is 20.5 Å². The van der Waals surface area contributed by atoms with Crippen LogP contribution in [0.1, 0.15) is 12.0 Å². The van der Waals surface area contributed by atoms with E-state index in [1.807, 2.05) is 48.5 Å². The molecular formula is C18H24N2O2. The molecule has 3 N–H and O–H groups in total. The second-order valence-electron chi connectivity index (χ2n) is 5.10. The molecule has 4 nitrogen and oxygen atoms in total. The van der Waals surface area contributed by atoms with Crippen LogP contribution in [0.5, 0.6) is 11.5 Å². The largest absolute Gasteiger partial charge is 0.490 e. The standard InChI is InChI=1S/C18H24N2O2/c1-15-3-7-17(8-4-15)21-13-14-22-18-9-5-16(6-10-18)20-12-2-11-19/h3-10,20H,2,11-14,19H2,1H3. The second kappa shape index (κ2) is 8.95. The smallest absolute Gasteiger partial charge is 0.122 e. The van der Waals surface area contributed by atoms with Gasteiger partial charge in [0.15, 0.2) is 0 Å². The van der Waals surface area contributed by atoms with E-state index in [1.54, 1.807) is 0 Å². The summed E-state index contributed by atoms with van der Waals surface area (Å²) in [4.78, 5) is 0. The van der Waals surface area contributed by atoms with Crippen LogP contribution >= 0.6 is 0 Å². The van der Waals surface area contributed by atoms with Gasteiger partial charge in [0, 0.05) is 12.2 Å². The Hall–Kier alpha value is -2.20. The van der Waals surface area contributed by atoms with E-state index in [4.69, 9.17) is 15.2 Å². The third-order valence-electron chi connectivity index (χ3n) is 3.21. The summed E-state index contributed by atoms with van der Waals surface area (Å²) in [7, 11) is 0. The molecule has 0 unspecified atom stereocenters. The molecule has 2 aromatic rings. The normalized spacial score (nSPS) is 10.3. The topological polar surface area (TPSA) is 56.5 Å². The maximum atomic E-state index is 5.66. The molecule has 0 aliphatic rings. The van der Waals surface area contributed by atoms with Crippen LogP contribution in [0, 0.1) is 6.92 Å². The monoisotopic (exact) mass is 300 g/mol. The van der Waals surface area contributed by atoms with Gasteiger partial charge in [-0.25, -0.2) is 0 Å². The summed E-state index contributed by atoms with van der Waals surface area (Å²) in [6.45, 7) is 4.70. The van der Waals surface area contributed by atoms with Gasteiger partial charge in [-0.15, -0.1) is 0 Å². The number of hydrogen-bond acceptors (Lipinski definition) is 4. The Morgan fingerprint density at radius 1 is 0.864 bits per heavy atom. The Bertz CT molecular complexity index is 538. The van der Waals surface area contributed by atoms with E-state index < -0.39 is 0 Å². The van der Waals surface area contributed by atoms with Gasteiger partial charge in [-0.2, -0.15) is 0 Å². The van der Waals surface area contributed by atoms with Gasteiger partial charge in [0.1, 0.15) is 24.7 Å². The van der Waals surface area contributed by atoms with Crippen molar-refractivity contribution < 1.29 is 9.47 Å². The van der Waals surface area contributed by atoms with Crippen molar-refractivity contribution in [2.75, 3.05) is 31.6 Å². The van der Waals surface area contributed by atoms with Crippen LogP contribution in [0.15, 0.2) is 48.5 Å². The average Bonchev–Trinajstić information content (AvgIpc) is 2.55. The molecule has 0 radical (unpaired) electrons. The minimum absolute atomic E-state index is 0.522. The first-order valence-corrected chi connectivity index (χ1v) is 7.64. The molecule has 0 fully saturated rings. The van der Waals surface area contributed by atoms with E-state index in [9.17, 15) is 0 Å². The fourth-order valence-electron chi connectivity index (χ4n) is 1.96. The van der Waals surface area contributed by atoms with Gasteiger partial charge in [0.2, 0.25) is 0 Å². The lowest BCUT2D eigenvalue weighted by Crippen LogP contribution is -2.09. The number of rotatable bonds is 9. The van der Waals surface area contributed by atoms with Gasteiger partial charge in [-0.05, 0) is 56.3 Å². The molecule has 22 heavy (non-hydrogen) atoms. The molecule has 0 bridgehead atoms. The van der Waals surface area contributed by atoms with Crippen LogP contribution in [0.25, 0.3) is 0 Å². The highest BCUT2D eigenvalue weighted by Crippen LogP contribution is 2.16. The van der Waals surface area contributed by atoms with E-state index in [2.05, 4.69) is 12.2 Å². The maximum absolute atomic E-state index is 5.66. The first-order valence-electron chi connectivity index (χ1n) is 7.64. The van der Waals surface area contributed by atoms with E-state index in [0.29, 0.717) is 19.8 Å². The number of ether oxygens (including phenoxy) is 2. The Kier molecular flexibility index (Phi) is 6.58. The zero-order valence-corrected chi connectivity index (χ0v) is 13.0. The van der Waals surface area contributed by atoms with Crippen LogP contribution in [0.3, 0.4) is 0 Å². The van der Waals surface area contributed by atoms with Crippen molar-refractivity contribution in [3.05, 3.63) is 54.1 Å². The van der Waals surface area contributed by atoms with Gasteiger partial charge in [-0.1, -0.05) is 17.7 Å². The van der Waals surface area contributed by atoms with Gasteiger partial charge in [0.25, 0.3) is 0 Å². The lowest BCUT2D eigenvalue weighted by molar-refractivity contribution is 0.217. The Balaban J connectivity index is 1.67. The van der Waals surface area contributed by atoms with Gasteiger partial charge >= 0.3 is 0 Å². The molecule has 0 heterocycles. The molecule has 0 amide bonds. The summed E-state index contributed by atoms with van der Waals surface area (Å²) < 4.78 is 11.3. The first kappa shape index (κ1) is 16.2. The number of benzene rings is 2. The highest BCUT2D eigenvalue weighted by atomic mass is 16.5. The number of anilines is 1. The summed E-state index contributed by atoms with van der Waals surface area (Å²) in [6.07, 6.45) is 0.967. The fraction of sp³-hybridized carbons (Fsp3) is 0.333. The summed E-state index contributed by atoms with van der Waals surface area (Å²) in [5.41, 5.74) is 7.77. The SMILES string of the molecule is Cc1ccc(OCCOc2ccc(NCCCN)cc2)cc1. The van der Waals surface area contributed by atoms with Gasteiger partial charge in [0.05, 0.1) is 0 Å². The van der Waals surface area contributed by atoms with Crippen molar-refractivity contribution in [3.63, 3.8) is 0 Å².